The number of benzene rings is 3. The van der Waals surface area contributed by atoms with Crippen LogP contribution in [0.1, 0.15) is 25.0 Å². The van der Waals surface area contributed by atoms with Crippen LogP contribution in [0, 0.1) is 0 Å². The topological polar surface area (TPSA) is 94.2 Å². The minimum Gasteiger partial charge on any atom is -0.494 e. The zero-order chi connectivity index (χ0) is 28.1. The quantitative estimate of drug-likeness (QED) is 0.221. The van der Waals surface area contributed by atoms with E-state index in [0.717, 1.165) is 4.90 Å². The molecule has 0 spiro atoms. The van der Waals surface area contributed by atoms with Gasteiger partial charge in [0.2, 0.25) is 0 Å². The van der Waals surface area contributed by atoms with Crippen LogP contribution in [0.15, 0.2) is 60.2 Å². The zero-order valence-electron chi connectivity index (χ0n) is 20.9. The summed E-state index contributed by atoms with van der Waals surface area (Å²) in [6, 6.07) is 13.7. The first-order valence-corrected chi connectivity index (χ1v) is 13.0. The Morgan fingerprint density at radius 3 is 2.23 bits per heavy atom. The lowest BCUT2D eigenvalue weighted by molar-refractivity contribution is -0.122. The number of carbonyl (C=O) groups is 3. The molecule has 3 aromatic carbocycles. The number of urea groups is 1. The van der Waals surface area contributed by atoms with Crippen molar-refractivity contribution < 1.29 is 28.6 Å². The van der Waals surface area contributed by atoms with Gasteiger partial charge in [0.15, 0.2) is 11.5 Å². The van der Waals surface area contributed by atoms with Crippen LogP contribution in [0.2, 0.25) is 15.1 Å². The van der Waals surface area contributed by atoms with Gasteiger partial charge in [-0.15, -0.1) is 0 Å². The number of anilines is 1. The molecule has 1 aliphatic heterocycles. The number of ether oxygens (including phenoxy) is 3. The van der Waals surface area contributed by atoms with Gasteiger partial charge >= 0.3 is 6.03 Å². The van der Waals surface area contributed by atoms with Crippen LogP contribution in [0.4, 0.5) is 10.5 Å². The molecule has 1 aliphatic rings. The average molecular weight is 590 g/mol. The molecule has 4 amide bonds. The van der Waals surface area contributed by atoms with Gasteiger partial charge in [0.1, 0.15) is 17.9 Å². The molecule has 3 aromatic rings. The average Bonchev–Trinajstić information content (AvgIpc) is 2.88. The lowest BCUT2D eigenvalue weighted by Crippen LogP contribution is -2.54. The van der Waals surface area contributed by atoms with Crippen molar-refractivity contribution in [2.24, 2.45) is 0 Å². The second kappa shape index (κ2) is 12.4. The standard InChI is InChI=1S/C28H23Cl3N2O6/c1-3-37-20-9-7-19(8-10-20)33-27(35)21(26(34)32-28(33)36)11-16-12-23(31)25(24(13-16)38-4-2)39-15-17-5-6-18(29)14-22(17)30/h5-14H,3-4,15H2,1-2H3,(H,32,34,36)/b21-11+. The number of halogens is 3. The highest BCUT2D eigenvalue weighted by molar-refractivity contribution is 6.39. The fourth-order valence-electron chi connectivity index (χ4n) is 3.78. The van der Waals surface area contributed by atoms with E-state index in [1.54, 1.807) is 55.5 Å². The van der Waals surface area contributed by atoms with E-state index in [4.69, 9.17) is 49.0 Å². The van der Waals surface area contributed by atoms with Crippen LogP contribution in [0.5, 0.6) is 17.2 Å². The van der Waals surface area contributed by atoms with Gasteiger partial charge in [0, 0.05) is 15.6 Å². The van der Waals surface area contributed by atoms with Crippen LogP contribution in [-0.4, -0.2) is 31.1 Å². The summed E-state index contributed by atoms with van der Waals surface area (Å²) in [4.78, 5) is 39.3. The van der Waals surface area contributed by atoms with E-state index in [-0.39, 0.29) is 28.6 Å². The van der Waals surface area contributed by atoms with Crippen molar-refractivity contribution in [3.8, 4) is 17.2 Å². The van der Waals surface area contributed by atoms with E-state index in [1.807, 2.05) is 6.92 Å². The zero-order valence-corrected chi connectivity index (χ0v) is 23.2. The smallest absolute Gasteiger partial charge is 0.335 e. The maximum Gasteiger partial charge on any atom is 0.335 e. The molecule has 0 saturated carbocycles. The first kappa shape index (κ1) is 28.3. The summed E-state index contributed by atoms with van der Waals surface area (Å²) in [6.45, 7) is 4.49. The van der Waals surface area contributed by atoms with Crippen molar-refractivity contribution >= 4 is 64.4 Å². The molecule has 0 atom stereocenters. The molecule has 1 saturated heterocycles. The Balaban J connectivity index is 1.63. The number of rotatable bonds is 9. The summed E-state index contributed by atoms with van der Waals surface area (Å²) < 4.78 is 17.0. The Labute approximate surface area is 240 Å². The van der Waals surface area contributed by atoms with E-state index >= 15 is 0 Å². The Morgan fingerprint density at radius 2 is 1.56 bits per heavy atom. The molecular weight excluding hydrogens is 567 g/mol. The predicted octanol–water partition coefficient (Wildman–Crippen LogP) is 6.69. The molecule has 1 fully saturated rings. The Bertz CT molecular complexity index is 1460. The van der Waals surface area contributed by atoms with Gasteiger partial charge < -0.3 is 14.2 Å². The summed E-state index contributed by atoms with van der Waals surface area (Å²) >= 11 is 18.7. The maximum absolute atomic E-state index is 13.3. The second-order valence-electron chi connectivity index (χ2n) is 8.17. The highest BCUT2D eigenvalue weighted by atomic mass is 35.5. The fraction of sp³-hybridized carbons (Fsp3) is 0.179. The number of imide groups is 2. The number of nitrogens with zero attached hydrogens (tertiary/aromatic N) is 1. The summed E-state index contributed by atoms with van der Waals surface area (Å²) in [5, 5.41) is 3.32. The molecule has 0 bridgehead atoms. The first-order chi connectivity index (χ1) is 18.7. The van der Waals surface area contributed by atoms with E-state index in [0.29, 0.717) is 45.9 Å². The monoisotopic (exact) mass is 588 g/mol. The third-order valence-electron chi connectivity index (χ3n) is 5.54. The molecule has 1 N–H and O–H groups in total. The van der Waals surface area contributed by atoms with Crippen molar-refractivity contribution in [2.75, 3.05) is 18.1 Å². The van der Waals surface area contributed by atoms with E-state index in [2.05, 4.69) is 5.32 Å². The van der Waals surface area contributed by atoms with Crippen LogP contribution >= 0.6 is 34.8 Å². The molecule has 202 valence electrons. The van der Waals surface area contributed by atoms with E-state index in [9.17, 15) is 14.4 Å². The van der Waals surface area contributed by atoms with Crippen molar-refractivity contribution in [1.82, 2.24) is 5.32 Å². The minimum absolute atomic E-state index is 0.0935. The molecule has 0 radical (unpaired) electrons. The third kappa shape index (κ3) is 6.47. The fourth-order valence-corrected chi connectivity index (χ4v) is 4.52. The highest BCUT2D eigenvalue weighted by Crippen LogP contribution is 2.38. The molecule has 0 aromatic heterocycles. The Kier molecular flexibility index (Phi) is 9.01. The van der Waals surface area contributed by atoms with Gasteiger partial charge in [-0.05, 0) is 74.0 Å². The lowest BCUT2D eigenvalue weighted by Gasteiger charge is -2.26. The SMILES string of the molecule is CCOc1ccc(N2C(=O)NC(=O)/C(=C\c3cc(Cl)c(OCc4ccc(Cl)cc4Cl)c(OCC)c3)C2=O)cc1. The van der Waals surface area contributed by atoms with Crippen molar-refractivity contribution in [3.63, 3.8) is 0 Å². The van der Waals surface area contributed by atoms with Gasteiger partial charge in [-0.2, -0.15) is 0 Å². The van der Waals surface area contributed by atoms with Gasteiger partial charge in [0.25, 0.3) is 11.8 Å². The number of carbonyl (C=O) groups excluding carboxylic acids is 3. The molecule has 0 unspecified atom stereocenters. The molecule has 1 heterocycles. The lowest BCUT2D eigenvalue weighted by atomic mass is 10.1. The number of hydrogen-bond acceptors (Lipinski definition) is 6. The van der Waals surface area contributed by atoms with Gasteiger partial charge in [0.05, 0.1) is 23.9 Å². The molecule has 4 rings (SSSR count). The summed E-state index contributed by atoms with van der Waals surface area (Å²) in [6.07, 6.45) is 1.33. The number of hydrogen-bond donors (Lipinski definition) is 1. The second-order valence-corrected chi connectivity index (χ2v) is 9.42. The Hall–Kier alpha value is -3.72. The summed E-state index contributed by atoms with van der Waals surface area (Å²) in [5.41, 5.74) is 1.09. The summed E-state index contributed by atoms with van der Waals surface area (Å²) in [5.74, 6) is -0.488. The van der Waals surface area contributed by atoms with Crippen LogP contribution < -0.4 is 24.4 Å². The molecular formula is C28H23Cl3N2O6. The third-order valence-corrected chi connectivity index (χ3v) is 6.41. The minimum atomic E-state index is -0.857. The predicted molar refractivity (Wildman–Crippen MR) is 150 cm³/mol. The van der Waals surface area contributed by atoms with Crippen molar-refractivity contribution in [2.45, 2.75) is 20.5 Å². The highest BCUT2D eigenvalue weighted by Gasteiger charge is 2.37. The maximum atomic E-state index is 13.3. The van der Waals surface area contributed by atoms with E-state index < -0.39 is 17.8 Å². The number of amides is 4. The van der Waals surface area contributed by atoms with Crippen LogP contribution in [0.3, 0.4) is 0 Å². The van der Waals surface area contributed by atoms with Gasteiger partial charge in [-0.3, -0.25) is 14.9 Å². The van der Waals surface area contributed by atoms with Gasteiger partial charge in [-0.1, -0.05) is 40.9 Å². The number of barbiturate groups is 1. The summed E-state index contributed by atoms with van der Waals surface area (Å²) in [7, 11) is 0. The largest absolute Gasteiger partial charge is 0.494 e. The first-order valence-electron chi connectivity index (χ1n) is 11.9. The normalized spacial score (nSPS) is 14.4. The van der Waals surface area contributed by atoms with Crippen LogP contribution in [-0.2, 0) is 16.2 Å². The van der Waals surface area contributed by atoms with Gasteiger partial charge in [-0.25, -0.2) is 9.69 Å². The number of nitrogens with one attached hydrogen (secondary N) is 1. The van der Waals surface area contributed by atoms with Crippen LogP contribution in [0.25, 0.3) is 6.08 Å². The van der Waals surface area contributed by atoms with Crippen molar-refractivity contribution in [3.05, 3.63) is 86.4 Å². The molecule has 0 aliphatic carbocycles. The Morgan fingerprint density at radius 1 is 0.846 bits per heavy atom. The molecule has 8 nitrogen and oxygen atoms in total. The molecule has 39 heavy (non-hydrogen) atoms. The van der Waals surface area contributed by atoms with Crippen molar-refractivity contribution in [1.29, 1.82) is 0 Å². The van der Waals surface area contributed by atoms with E-state index in [1.165, 1.54) is 12.1 Å². The molecule has 11 heteroatoms.